The number of carbonyl (C=O) groups is 1. The van der Waals surface area contributed by atoms with Crippen LogP contribution < -0.4 is 0 Å². The van der Waals surface area contributed by atoms with E-state index >= 15 is 0 Å². The van der Waals surface area contributed by atoms with Crippen molar-refractivity contribution in [3.63, 3.8) is 0 Å². The summed E-state index contributed by atoms with van der Waals surface area (Å²) in [5, 5.41) is 0. The van der Waals surface area contributed by atoms with Crippen LogP contribution in [0, 0.1) is 17.3 Å². The van der Waals surface area contributed by atoms with Crippen molar-refractivity contribution < 1.29 is 9.53 Å². The number of hydrogen-bond donors (Lipinski definition) is 0. The average Bonchev–Trinajstić information content (AvgIpc) is 2.15. The highest BCUT2D eigenvalue weighted by molar-refractivity contribution is 5.77. The van der Waals surface area contributed by atoms with Crippen molar-refractivity contribution in [1.82, 2.24) is 0 Å². The Morgan fingerprint density at radius 1 is 1.12 bits per heavy atom. The third kappa shape index (κ3) is 4.69. The quantitative estimate of drug-likeness (QED) is 0.644. The maximum atomic E-state index is 12.4. The third-order valence-electron chi connectivity index (χ3n) is 3.79. The van der Waals surface area contributed by atoms with E-state index in [2.05, 4.69) is 27.7 Å². The molecule has 0 saturated carbocycles. The third-order valence-corrected chi connectivity index (χ3v) is 3.79. The van der Waals surface area contributed by atoms with Crippen LogP contribution in [0.2, 0.25) is 0 Å². The monoisotopic (exact) mass is 242 g/mol. The molecule has 0 saturated heterocycles. The zero-order valence-corrected chi connectivity index (χ0v) is 12.9. The van der Waals surface area contributed by atoms with E-state index in [1.807, 2.05) is 27.7 Å². The lowest BCUT2D eigenvalue weighted by atomic mass is 9.73. The zero-order valence-electron chi connectivity index (χ0n) is 12.9. The molecule has 0 aliphatic heterocycles. The van der Waals surface area contributed by atoms with E-state index in [0.29, 0.717) is 11.8 Å². The highest BCUT2D eigenvalue weighted by Gasteiger charge is 2.40. The minimum atomic E-state index is -0.374. The van der Waals surface area contributed by atoms with E-state index in [0.717, 1.165) is 12.8 Å². The molecule has 0 radical (unpaired) electrons. The molecule has 0 rings (SSSR count). The fourth-order valence-corrected chi connectivity index (χ4v) is 1.84. The van der Waals surface area contributed by atoms with Gasteiger partial charge in [0.15, 0.2) is 0 Å². The minimum Gasteiger partial charge on any atom is -0.459 e. The van der Waals surface area contributed by atoms with Crippen molar-refractivity contribution >= 4 is 5.97 Å². The fourth-order valence-electron chi connectivity index (χ4n) is 1.84. The summed E-state index contributed by atoms with van der Waals surface area (Å²) in [6, 6.07) is 0. The second-order valence-corrected chi connectivity index (χ2v) is 6.67. The van der Waals surface area contributed by atoms with Crippen LogP contribution in [0.25, 0.3) is 0 Å². The van der Waals surface area contributed by atoms with Gasteiger partial charge >= 0.3 is 5.97 Å². The second-order valence-electron chi connectivity index (χ2n) is 6.67. The molecule has 0 aliphatic carbocycles. The summed E-state index contributed by atoms with van der Waals surface area (Å²) in [5.74, 6) is 0.748. The van der Waals surface area contributed by atoms with Crippen molar-refractivity contribution in [1.29, 1.82) is 0 Å². The van der Waals surface area contributed by atoms with Gasteiger partial charge in [-0.05, 0) is 45.4 Å². The van der Waals surface area contributed by atoms with Gasteiger partial charge in [-0.1, -0.05) is 34.6 Å². The van der Waals surface area contributed by atoms with Crippen LogP contribution in [0.1, 0.15) is 68.2 Å². The Balaban J connectivity index is 4.90. The van der Waals surface area contributed by atoms with E-state index in [9.17, 15) is 4.79 Å². The van der Waals surface area contributed by atoms with Crippen LogP contribution in [-0.4, -0.2) is 11.6 Å². The lowest BCUT2D eigenvalue weighted by molar-refractivity contribution is -0.172. The molecule has 1 unspecified atom stereocenters. The summed E-state index contributed by atoms with van der Waals surface area (Å²) in [5.41, 5.74) is -0.731. The number of hydrogen-bond acceptors (Lipinski definition) is 2. The second kappa shape index (κ2) is 5.88. The smallest absolute Gasteiger partial charge is 0.312 e. The van der Waals surface area contributed by atoms with Gasteiger partial charge in [0.2, 0.25) is 0 Å². The lowest BCUT2D eigenvalue weighted by Gasteiger charge is -2.36. The first-order chi connectivity index (χ1) is 7.55. The van der Waals surface area contributed by atoms with Gasteiger partial charge in [-0.25, -0.2) is 0 Å². The Bertz CT molecular complexity index is 254. The Hall–Kier alpha value is -0.530. The van der Waals surface area contributed by atoms with Crippen molar-refractivity contribution in [2.24, 2.45) is 17.3 Å². The molecule has 1 atom stereocenters. The van der Waals surface area contributed by atoms with E-state index in [1.165, 1.54) is 0 Å². The van der Waals surface area contributed by atoms with E-state index in [-0.39, 0.29) is 17.0 Å². The zero-order chi connectivity index (χ0) is 13.9. The average molecular weight is 242 g/mol. The molecule has 0 aliphatic rings. The van der Waals surface area contributed by atoms with Crippen LogP contribution in [-0.2, 0) is 9.53 Å². The summed E-state index contributed by atoms with van der Waals surface area (Å²) >= 11 is 0. The molecular formula is C15H30O2. The van der Waals surface area contributed by atoms with Crippen LogP contribution in [0.15, 0.2) is 0 Å². The molecular weight excluding hydrogens is 212 g/mol. The van der Waals surface area contributed by atoms with Crippen LogP contribution in [0.4, 0.5) is 0 Å². The molecule has 2 heteroatoms. The maximum Gasteiger partial charge on any atom is 0.312 e. The largest absolute Gasteiger partial charge is 0.459 e. The van der Waals surface area contributed by atoms with Gasteiger partial charge in [-0.15, -0.1) is 0 Å². The Morgan fingerprint density at radius 3 is 1.88 bits per heavy atom. The molecule has 0 heterocycles. The Morgan fingerprint density at radius 2 is 1.59 bits per heavy atom. The van der Waals surface area contributed by atoms with Crippen molar-refractivity contribution in [3.8, 4) is 0 Å². The van der Waals surface area contributed by atoms with E-state index < -0.39 is 0 Å². The summed E-state index contributed by atoms with van der Waals surface area (Å²) in [6.45, 7) is 16.5. The van der Waals surface area contributed by atoms with Gasteiger partial charge in [0.05, 0.1) is 5.41 Å². The molecule has 102 valence electrons. The highest BCUT2D eigenvalue weighted by atomic mass is 16.6. The molecule has 2 nitrogen and oxygen atoms in total. The number of ether oxygens (including phenoxy) is 1. The van der Waals surface area contributed by atoms with Crippen molar-refractivity contribution in [2.45, 2.75) is 73.8 Å². The summed E-state index contributed by atoms with van der Waals surface area (Å²) in [4.78, 5) is 12.4. The fraction of sp³-hybridized carbons (Fsp3) is 0.933. The Kier molecular flexibility index (Phi) is 5.70. The van der Waals surface area contributed by atoms with Crippen molar-refractivity contribution in [3.05, 3.63) is 0 Å². The molecule has 0 aromatic heterocycles. The van der Waals surface area contributed by atoms with Gasteiger partial charge in [0.1, 0.15) is 5.60 Å². The molecule has 0 bridgehead atoms. The maximum absolute atomic E-state index is 12.4. The topological polar surface area (TPSA) is 26.3 Å². The predicted molar refractivity (Wildman–Crippen MR) is 72.9 cm³/mol. The minimum absolute atomic E-state index is 0.0481. The normalized spacial score (nSPS) is 16.1. The van der Waals surface area contributed by atoms with Gasteiger partial charge in [0.25, 0.3) is 0 Å². The predicted octanol–water partition coefficient (Wildman–Crippen LogP) is 4.43. The first kappa shape index (κ1) is 16.5. The number of rotatable bonds is 6. The summed E-state index contributed by atoms with van der Waals surface area (Å²) < 4.78 is 5.68. The van der Waals surface area contributed by atoms with Crippen LogP contribution in [0.3, 0.4) is 0 Å². The standard InChI is InChI=1S/C15H30O2/c1-9-14(6,7)17-13(16)15(8,12(4)5)10-11(2)3/h11-12H,9-10H2,1-8H3. The molecule has 0 spiro atoms. The van der Waals surface area contributed by atoms with Gasteiger partial charge in [0, 0.05) is 0 Å². The van der Waals surface area contributed by atoms with Crippen LogP contribution >= 0.6 is 0 Å². The molecule has 0 aromatic rings. The molecule has 17 heavy (non-hydrogen) atoms. The summed E-state index contributed by atoms with van der Waals surface area (Å²) in [7, 11) is 0. The van der Waals surface area contributed by atoms with Crippen LogP contribution in [0.5, 0.6) is 0 Å². The SMILES string of the molecule is CCC(C)(C)OC(=O)C(C)(CC(C)C)C(C)C. The number of esters is 1. The summed E-state index contributed by atoms with van der Waals surface area (Å²) in [6.07, 6.45) is 1.72. The first-order valence-electron chi connectivity index (χ1n) is 6.78. The van der Waals surface area contributed by atoms with Gasteiger partial charge in [-0.2, -0.15) is 0 Å². The first-order valence-corrected chi connectivity index (χ1v) is 6.78. The van der Waals surface area contributed by atoms with Gasteiger partial charge in [-0.3, -0.25) is 4.79 Å². The highest BCUT2D eigenvalue weighted by Crippen LogP contribution is 2.37. The van der Waals surface area contributed by atoms with E-state index in [1.54, 1.807) is 0 Å². The molecule has 0 aromatic carbocycles. The number of carbonyl (C=O) groups excluding carboxylic acids is 1. The molecule has 0 fully saturated rings. The molecule has 0 N–H and O–H groups in total. The van der Waals surface area contributed by atoms with E-state index in [4.69, 9.17) is 4.74 Å². The molecule has 0 amide bonds. The van der Waals surface area contributed by atoms with Crippen molar-refractivity contribution in [2.75, 3.05) is 0 Å². The lowest BCUT2D eigenvalue weighted by Crippen LogP contribution is -2.41. The Labute approximate surface area is 107 Å². The van der Waals surface area contributed by atoms with Gasteiger partial charge < -0.3 is 4.74 Å².